The molecular formula is C13H23BFNO3. The van der Waals surface area contributed by atoms with E-state index >= 15 is 0 Å². The maximum atomic E-state index is 14.3. The number of aliphatic hydroxyl groups is 1. The van der Waals surface area contributed by atoms with Crippen LogP contribution in [0.5, 0.6) is 0 Å². The summed E-state index contributed by atoms with van der Waals surface area (Å²) in [7, 11) is -0.920. The van der Waals surface area contributed by atoms with Crippen LogP contribution >= 0.6 is 0 Å². The van der Waals surface area contributed by atoms with Crippen LogP contribution in [0, 0.1) is 0 Å². The third kappa shape index (κ3) is 2.87. The zero-order valence-electron chi connectivity index (χ0n) is 12.4. The predicted octanol–water partition coefficient (Wildman–Crippen LogP) is 1.54. The molecule has 108 valence electrons. The molecule has 0 bridgehead atoms. The van der Waals surface area contributed by atoms with Crippen LogP contribution in [0.1, 0.15) is 34.6 Å². The molecular weight excluding hydrogens is 248 g/mol. The largest absolute Gasteiger partial charge is 0.525 e. The molecule has 4 nitrogen and oxygen atoms in total. The van der Waals surface area contributed by atoms with Gasteiger partial charge in [-0.15, -0.1) is 0 Å². The highest BCUT2D eigenvalue weighted by Crippen LogP contribution is 2.39. The molecule has 2 heterocycles. The third-order valence-corrected chi connectivity index (χ3v) is 4.27. The second kappa shape index (κ2) is 4.84. The van der Waals surface area contributed by atoms with Gasteiger partial charge in [-0.25, -0.2) is 4.39 Å². The standard InChI is InChI=1S/C13H23BFNO3/c1-9(6-16-7-10(17)8-16)11(15)14-18-12(2,3)13(4,5)19-14/h10,17H,6-8H2,1-5H3. The van der Waals surface area contributed by atoms with Crippen LogP contribution in [-0.4, -0.2) is 54.1 Å². The van der Waals surface area contributed by atoms with Gasteiger partial charge >= 0.3 is 7.12 Å². The molecule has 19 heavy (non-hydrogen) atoms. The second-order valence-corrected chi connectivity index (χ2v) is 6.56. The smallest absolute Gasteiger partial charge is 0.398 e. The van der Waals surface area contributed by atoms with Crippen molar-refractivity contribution in [1.82, 2.24) is 4.90 Å². The van der Waals surface area contributed by atoms with E-state index in [4.69, 9.17) is 9.31 Å². The molecule has 1 N–H and O–H groups in total. The van der Waals surface area contributed by atoms with Crippen molar-refractivity contribution in [2.24, 2.45) is 0 Å². The van der Waals surface area contributed by atoms with Crippen molar-refractivity contribution in [3.8, 4) is 0 Å². The molecule has 0 amide bonds. The molecule has 2 aliphatic heterocycles. The zero-order chi connectivity index (χ0) is 14.4. The lowest BCUT2D eigenvalue weighted by Gasteiger charge is -2.36. The van der Waals surface area contributed by atoms with Gasteiger partial charge in [0.2, 0.25) is 0 Å². The van der Waals surface area contributed by atoms with Gasteiger partial charge in [0.1, 0.15) is 5.73 Å². The normalized spacial score (nSPS) is 28.3. The minimum Gasteiger partial charge on any atom is -0.398 e. The summed E-state index contributed by atoms with van der Waals surface area (Å²) in [5.74, 6) is 0. The van der Waals surface area contributed by atoms with Gasteiger partial charge in [0, 0.05) is 19.6 Å². The lowest BCUT2D eigenvalue weighted by Crippen LogP contribution is -2.51. The van der Waals surface area contributed by atoms with Crippen LogP contribution in [0.3, 0.4) is 0 Å². The summed E-state index contributed by atoms with van der Waals surface area (Å²) in [6.45, 7) is 11.1. The van der Waals surface area contributed by atoms with Gasteiger partial charge in [-0.3, -0.25) is 4.90 Å². The summed E-state index contributed by atoms with van der Waals surface area (Å²) >= 11 is 0. The molecule has 0 aromatic carbocycles. The summed E-state index contributed by atoms with van der Waals surface area (Å²) in [5, 5.41) is 9.22. The van der Waals surface area contributed by atoms with Crippen molar-refractivity contribution in [3.05, 3.63) is 11.3 Å². The average Bonchev–Trinajstić information content (AvgIpc) is 2.44. The van der Waals surface area contributed by atoms with Crippen molar-refractivity contribution in [2.75, 3.05) is 19.6 Å². The minimum atomic E-state index is -0.920. The maximum Gasteiger partial charge on any atom is 0.525 e. The Morgan fingerprint density at radius 1 is 1.26 bits per heavy atom. The van der Waals surface area contributed by atoms with E-state index in [9.17, 15) is 9.50 Å². The molecule has 2 aliphatic rings. The summed E-state index contributed by atoms with van der Waals surface area (Å²) in [6.07, 6.45) is -0.271. The van der Waals surface area contributed by atoms with Crippen molar-refractivity contribution >= 4 is 7.12 Å². The lowest BCUT2D eigenvalue weighted by molar-refractivity contribution is 0.00578. The molecule has 0 aromatic heterocycles. The van der Waals surface area contributed by atoms with Crippen molar-refractivity contribution < 1.29 is 18.8 Å². The molecule has 0 unspecified atom stereocenters. The Balaban J connectivity index is 2.01. The van der Waals surface area contributed by atoms with Gasteiger partial charge in [-0.05, 0) is 40.2 Å². The number of hydrogen-bond donors (Lipinski definition) is 1. The monoisotopic (exact) mass is 271 g/mol. The predicted molar refractivity (Wildman–Crippen MR) is 72.3 cm³/mol. The number of likely N-dealkylation sites (tertiary alicyclic amines) is 1. The van der Waals surface area contributed by atoms with E-state index in [1.54, 1.807) is 6.92 Å². The lowest BCUT2D eigenvalue weighted by atomic mass is 9.84. The summed E-state index contributed by atoms with van der Waals surface area (Å²) in [4.78, 5) is 1.99. The first-order valence-corrected chi connectivity index (χ1v) is 6.73. The van der Waals surface area contributed by atoms with Crippen LogP contribution in [-0.2, 0) is 9.31 Å². The van der Waals surface area contributed by atoms with E-state index in [0.717, 1.165) is 0 Å². The quantitative estimate of drug-likeness (QED) is 0.791. The molecule has 0 aromatic rings. The molecule has 0 saturated carbocycles. The molecule has 6 heteroatoms. The Kier molecular flexibility index (Phi) is 3.82. The van der Waals surface area contributed by atoms with Crippen LogP contribution in [0.2, 0.25) is 0 Å². The van der Waals surface area contributed by atoms with E-state index in [1.165, 1.54) is 0 Å². The Morgan fingerprint density at radius 2 is 1.74 bits per heavy atom. The van der Waals surface area contributed by atoms with E-state index in [-0.39, 0.29) is 11.8 Å². The Labute approximate surface area is 114 Å². The number of aliphatic hydroxyl groups excluding tert-OH is 1. The minimum absolute atomic E-state index is 0.271. The highest BCUT2D eigenvalue weighted by Gasteiger charge is 2.53. The number of nitrogens with zero attached hydrogens (tertiary/aromatic N) is 1. The van der Waals surface area contributed by atoms with Crippen LogP contribution in [0.15, 0.2) is 11.3 Å². The van der Waals surface area contributed by atoms with Gasteiger partial charge in [-0.1, -0.05) is 0 Å². The first-order chi connectivity index (χ1) is 8.62. The van der Waals surface area contributed by atoms with Gasteiger partial charge in [0.25, 0.3) is 0 Å². The average molecular weight is 271 g/mol. The van der Waals surface area contributed by atoms with Gasteiger partial charge in [0.15, 0.2) is 0 Å². The first kappa shape index (κ1) is 15.0. The van der Waals surface area contributed by atoms with Crippen LogP contribution in [0.4, 0.5) is 4.39 Å². The fourth-order valence-electron chi connectivity index (χ4n) is 2.23. The summed E-state index contributed by atoms with van der Waals surface area (Å²) in [5.41, 5.74) is -0.796. The van der Waals surface area contributed by atoms with E-state index in [0.29, 0.717) is 25.2 Å². The number of hydrogen-bond acceptors (Lipinski definition) is 4. The number of halogens is 1. The molecule has 0 aliphatic carbocycles. The highest BCUT2D eigenvalue weighted by atomic mass is 19.1. The SMILES string of the molecule is CC(CN1CC(O)C1)=C(F)B1OC(C)(C)C(C)(C)O1. The zero-order valence-corrected chi connectivity index (χ0v) is 12.4. The molecule has 0 atom stereocenters. The Morgan fingerprint density at radius 3 is 2.16 bits per heavy atom. The summed E-state index contributed by atoms with van der Waals surface area (Å²) < 4.78 is 25.7. The molecule has 2 fully saturated rings. The topological polar surface area (TPSA) is 41.9 Å². The van der Waals surface area contributed by atoms with Crippen molar-refractivity contribution in [2.45, 2.75) is 51.9 Å². The van der Waals surface area contributed by atoms with E-state index < -0.39 is 18.3 Å². The Bertz CT molecular complexity index is 375. The van der Waals surface area contributed by atoms with Gasteiger partial charge in [0.05, 0.1) is 17.3 Å². The van der Waals surface area contributed by atoms with Crippen molar-refractivity contribution in [3.63, 3.8) is 0 Å². The number of rotatable bonds is 3. The second-order valence-electron chi connectivity index (χ2n) is 6.56. The fraction of sp³-hybridized carbons (Fsp3) is 0.846. The first-order valence-electron chi connectivity index (χ1n) is 6.73. The van der Waals surface area contributed by atoms with E-state index in [1.807, 2.05) is 32.6 Å². The molecule has 2 rings (SSSR count). The fourth-order valence-corrected chi connectivity index (χ4v) is 2.23. The highest BCUT2D eigenvalue weighted by molar-refractivity contribution is 6.53. The summed E-state index contributed by atoms with van der Waals surface area (Å²) in [6, 6.07) is 0. The molecule has 0 spiro atoms. The van der Waals surface area contributed by atoms with Gasteiger partial charge < -0.3 is 14.4 Å². The van der Waals surface area contributed by atoms with Crippen LogP contribution in [0.25, 0.3) is 0 Å². The van der Waals surface area contributed by atoms with Crippen LogP contribution < -0.4 is 0 Å². The van der Waals surface area contributed by atoms with Crippen molar-refractivity contribution in [1.29, 1.82) is 0 Å². The maximum absolute atomic E-state index is 14.3. The third-order valence-electron chi connectivity index (χ3n) is 4.27. The molecule has 2 saturated heterocycles. The van der Waals surface area contributed by atoms with Gasteiger partial charge in [-0.2, -0.15) is 0 Å². The molecule has 0 radical (unpaired) electrons. The number of β-amino-alcohol motifs (C(OH)–C–C–N with tert-alkyl or cyclic N) is 1. The van der Waals surface area contributed by atoms with E-state index in [2.05, 4.69) is 0 Å². The Hall–Kier alpha value is -0.425.